The maximum absolute atomic E-state index is 12.7. The van der Waals surface area contributed by atoms with Crippen molar-refractivity contribution in [3.8, 4) is 0 Å². The van der Waals surface area contributed by atoms with Crippen LogP contribution in [0.15, 0.2) is 61.2 Å². The molecule has 1 saturated heterocycles. The molecular formula is C24H25N3O3. The van der Waals surface area contributed by atoms with Gasteiger partial charge in [-0.3, -0.25) is 14.4 Å². The van der Waals surface area contributed by atoms with Crippen molar-refractivity contribution in [2.45, 2.75) is 18.8 Å². The molecule has 2 fully saturated rings. The van der Waals surface area contributed by atoms with Gasteiger partial charge in [0.1, 0.15) is 0 Å². The lowest BCUT2D eigenvalue weighted by Gasteiger charge is -2.34. The molecule has 154 valence electrons. The molecule has 2 aromatic rings. The molecule has 1 aliphatic carbocycles. The Balaban J connectivity index is 1.35. The van der Waals surface area contributed by atoms with Crippen LogP contribution in [0.25, 0.3) is 0 Å². The van der Waals surface area contributed by atoms with Crippen molar-refractivity contribution in [1.29, 1.82) is 0 Å². The van der Waals surface area contributed by atoms with Crippen molar-refractivity contribution < 1.29 is 14.4 Å². The van der Waals surface area contributed by atoms with Crippen molar-refractivity contribution in [2.75, 3.05) is 31.5 Å². The molecule has 6 nitrogen and oxygen atoms in total. The second kappa shape index (κ2) is 8.53. The van der Waals surface area contributed by atoms with Crippen molar-refractivity contribution in [1.82, 2.24) is 9.80 Å². The average Bonchev–Trinajstić information content (AvgIpc) is 3.64. The summed E-state index contributed by atoms with van der Waals surface area (Å²) in [5.74, 6) is 0.264. The minimum atomic E-state index is -0.153. The van der Waals surface area contributed by atoms with E-state index < -0.39 is 0 Å². The van der Waals surface area contributed by atoms with Crippen LogP contribution in [0.5, 0.6) is 0 Å². The Bertz CT molecular complexity index is 971. The van der Waals surface area contributed by atoms with E-state index in [-0.39, 0.29) is 17.7 Å². The van der Waals surface area contributed by atoms with E-state index in [0.717, 1.165) is 0 Å². The van der Waals surface area contributed by atoms with Crippen molar-refractivity contribution >= 4 is 23.4 Å². The van der Waals surface area contributed by atoms with Crippen molar-refractivity contribution in [3.05, 3.63) is 77.9 Å². The van der Waals surface area contributed by atoms with E-state index in [1.807, 2.05) is 18.2 Å². The van der Waals surface area contributed by atoms with E-state index in [2.05, 4.69) is 18.0 Å². The van der Waals surface area contributed by atoms with Crippen LogP contribution in [0, 0.1) is 0 Å². The Morgan fingerprint density at radius 3 is 2.20 bits per heavy atom. The quantitative estimate of drug-likeness (QED) is 0.779. The normalized spacial score (nSPS) is 16.1. The van der Waals surface area contributed by atoms with E-state index in [4.69, 9.17) is 0 Å². The molecule has 1 aliphatic heterocycles. The van der Waals surface area contributed by atoms with Gasteiger partial charge in [-0.2, -0.15) is 0 Å². The summed E-state index contributed by atoms with van der Waals surface area (Å²) in [6.07, 6.45) is 3.69. The maximum atomic E-state index is 12.7. The highest BCUT2D eigenvalue weighted by Gasteiger charge is 2.25. The van der Waals surface area contributed by atoms with E-state index in [9.17, 15) is 14.4 Å². The van der Waals surface area contributed by atoms with Gasteiger partial charge >= 0.3 is 0 Å². The molecule has 3 amide bonds. The molecule has 1 N–H and O–H groups in total. The van der Waals surface area contributed by atoms with Crippen LogP contribution in [0.1, 0.15) is 45.0 Å². The van der Waals surface area contributed by atoms with E-state index >= 15 is 0 Å². The molecule has 1 saturated carbocycles. The minimum absolute atomic E-state index is 0.0734. The zero-order valence-corrected chi connectivity index (χ0v) is 16.8. The second-order valence-corrected chi connectivity index (χ2v) is 7.75. The largest absolute Gasteiger partial charge is 0.336 e. The monoisotopic (exact) mass is 403 g/mol. The van der Waals surface area contributed by atoms with Gasteiger partial charge in [-0.25, -0.2) is 0 Å². The fourth-order valence-electron chi connectivity index (χ4n) is 3.69. The zero-order chi connectivity index (χ0) is 21.1. The molecule has 6 heteroatoms. The molecule has 2 aliphatic rings. The molecule has 2 aromatic carbocycles. The third-order valence-corrected chi connectivity index (χ3v) is 5.64. The van der Waals surface area contributed by atoms with Gasteiger partial charge < -0.3 is 15.1 Å². The lowest BCUT2D eigenvalue weighted by molar-refractivity contribution is -0.127. The molecule has 0 bridgehead atoms. The topological polar surface area (TPSA) is 69.7 Å². The van der Waals surface area contributed by atoms with Crippen LogP contribution in [0.3, 0.4) is 0 Å². The minimum Gasteiger partial charge on any atom is -0.336 e. The van der Waals surface area contributed by atoms with Gasteiger partial charge in [0.15, 0.2) is 0 Å². The van der Waals surface area contributed by atoms with Crippen LogP contribution in [-0.2, 0) is 4.79 Å². The third-order valence-electron chi connectivity index (χ3n) is 5.64. The lowest BCUT2D eigenvalue weighted by atomic mass is 10.1. The first-order valence-corrected chi connectivity index (χ1v) is 10.3. The van der Waals surface area contributed by atoms with E-state index in [1.54, 1.807) is 34.1 Å². The highest BCUT2D eigenvalue weighted by Crippen LogP contribution is 2.40. The number of benzene rings is 2. The number of hydrogen-bond acceptors (Lipinski definition) is 3. The van der Waals surface area contributed by atoms with Gasteiger partial charge in [0.25, 0.3) is 11.8 Å². The molecule has 1 heterocycles. The highest BCUT2D eigenvalue weighted by molar-refractivity contribution is 6.04. The van der Waals surface area contributed by atoms with Gasteiger partial charge in [-0.05, 0) is 66.8 Å². The zero-order valence-electron chi connectivity index (χ0n) is 16.8. The number of nitrogens with zero attached hydrogens (tertiary/aromatic N) is 2. The number of hydrogen-bond donors (Lipinski definition) is 1. The number of carbonyl (C=O) groups is 3. The third kappa shape index (κ3) is 4.43. The van der Waals surface area contributed by atoms with Crippen molar-refractivity contribution in [3.63, 3.8) is 0 Å². The highest BCUT2D eigenvalue weighted by atomic mass is 16.2. The van der Waals surface area contributed by atoms with Gasteiger partial charge in [0.2, 0.25) is 5.91 Å². The smallest absolute Gasteiger partial charge is 0.255 e. The fraction of sp³-hybridized carbons (Fsp3) is 0.292. The predicted molar refractivity (Wildman–Crippen MR) is 115 cm³/mol. The Kier molecular flexibility index (Phi) is 5.65. The number of rotatable bonds is 5. The van der Waals surface area contributed by atoms with Crippen molar-refractivity contribution in [2.24, 2.45) is 0 Å². The van der Waals surface area contributed by atoms with Crippen LogP contribution < -0.4 is 5.32 Å². The summed E-state index contributed by atoms with van der Waals surface area (Å²) in [4.78, 5) is 40.4. The Hall–Kier alpha value is -3.41. The summed E-state index contributed by atoms with van der Waals surface area (Å²) in [7, 11) is 0. The van der Waals surface area contributed by atoms with Crippen LogP contribution in [0.4, 0.5) is 5.69 Å². The number of anilines is 1. The summed E-state index contributed by atoms with van der Waals surface area (Å²) in [6.45, 7) is 5.50. The summed E-state index contributed by atoms with van der Waals surface area (Å²) >= 11 is 0. The Labute approximate surface area is 176 Å². The van der Waals surface area contributed by atoms with Gasteiger partial charge in [0, 0.05) is 43.0 Å². The first kappa shape index (κ1) is 19.9. The first-order valence-electron chi connectivity index (χ1n) is 10.3. The molecule has 0 unspecified atom stereocenters. The molecule has 0 spiro atoms. The first-order chi connectivity index (χ1) is 14.5. The number of amides is 3. The average molecular weight is 403 g/mol. The van der Waals surface area contributed by atoms with Crippen LogP contribution >= 0.6 is 0 Å². The SMILES string of the molecule is C=CC(=O)N1CCN(C(=O)c2ccc(NC(=O)c3cccc(C4CC4)c3)cc2)CC1. The Morgan fingerprint density at radius 2 is 1.57 bits per heavy atom. The number of nitrogens with one attached hydrogen (secondary N) is 1. The maximum Gasteiger partial charge on any atom is 0.255 e. The molecule has 30 heavy (non-hydrogen) atoms. The fourth-order valence-corrected chi connectivity index (χ4v) is 3.69. The summed E-state index contributed by atoms with van der Waals surface area (Å²) in [6, 6.07) is 14.7. The van der Waals surface area contributed by atoms with E-state index in [1.165, 1.54) is 24.5 Å². The number of piperazine rings is 1. The van der Waals surface area contributed by atoms with Crippen LogP contribution in [-0.4, -0.2) is 53.7 Å². The summed E-state index contributed by atoms with van der Waals surface area (Å²) in [5.41, 5.74) is 3.08. The molecule has 0 atom stereocenters. The standard InChI is InChI=1S/C24H25N3O3/c1-2-22(28)26-12-14-27(15-13-26)24(30)18-8-10-21(11-9-18)25-23(29)20-5-3-4-19(16-20)17-6-7-17/h2-5,8-11,16-17H,1,6-7,12-15H2,(H,25,29). The molecule has 4 rings (SSSR count). The lowest BCUT2D eigenvalue weighted by Crippen LogP contribution is -2.50. The van der Waals surface area contributed by atoms with E-state index in [0.29, 0.717) is 48.9 Å². The predicted octanol–water partition coefficient (Wildman–Crippen LogP) is 3.29. The molecular weight excluding hydrogens is 378 g/mol. The van der Waals surface area contributed by atoms with Gasteiger partial charge in [0.05, 0.1) is 0 Å². The second-order valence-electron chi connectivity index (χ2n) is 7.75. The molecule has 0 aromatic heterocycles. The van der Waals surface area contributed by atoms with Gasteiger partial charge in [-0.15, -0.1) is 0 Å². The molecule has 0 radical (unpaired) electrons. The van der Waals surface area contributed by atoms with Crippen LogP contribution in [0.2, 0.25) is 0 Å². The number of carbonyl (C=O) groups excluding carboxylic acids is 3. The summed E-state index contributed by atoms with van der Waals surface area (Å²) in [5, 5.41) is 2.90. The van der Waals surface area contributed by atoms with Gasteiger partial charge in [-0.1, -0.05) is 18.7 Å². The Morgan fingerprint density at radius 1 is 0.900 bits per heavy atom. The summed E-state index contributed by atoms with van der Waals surface area (Å²) < 4.78 is 0.